The molecule has 0 bridgehead atoms. The van der Waals surface area contributed by atoms with Crippen molar-refractivity contribution in [1.29, 1.82) is 5.26 Å². The van der Waals surface area contributed by atoms with E-state index < -0.39 is 0 Å². The van der Waals surface area contributed by atoms with E-state index in [0.717, 1.165) is 27.1 Å². The van der Waals surface area contributed by atoms with Crippen LogP contribution in [-0.2, 0) is 13.0 Å². The summed E-state index contributed by atoms with van der Waals surface area (Å²) in [6, 6.07) is 13.5. The van der Waals surface area contributed by atoms with Gasteiger partial charge in [-0.3, -0.25) is 4.98 Å². The van der Waals surface area contributed by atoms with Crippen molar-refractivity contribution < 1.29 is 0 Å². The van der Waals surface area contributed by atoms with Crippen LogP contribution in [0.15, 0.2) is 52.5 Å². The Labute approximate surface area is 173 Å². The molecule has 0 atom stereocenters. The fourth-order valence-corrected chi connectivity index (χ4v) is 4.62. The fourth-order valence-electron chi connectivity index (χ4n) is 2.71. The quantitative estimate of drug-likeness (QED) is 0.496. The molecule has 0 amide bonds. The highest BCUT2D eigenvalue weighted by molar-refractivity contribution is 7.99. The number of benzene rings is 1. The van der Waals surface area contributed by atoms with E-state index in [4.69, 9.17) is 28.2 Å². The van der Waals surface area contributed by atoms with E-state index in [1.165, 1.54) is 0 Å². The standard InChI is InChI=1S/C20H18Cl2N4S/c1-13(2)19-20(27-17-10-14(21)9-15(22)11-17)26(18(25-19)6-7-23)12-16-5-3-4-8-24-16/h3-5,8-11,13H,6,12H2,1-2H3. The zero-order chi connectivity index (χ0) is 19.4. The monoisotopic (exact) mass is 416 g/mol. The highest BCUT2D eigenvalue weighted by Crippen LogP contribution is 2.37. The second-order valence-corrected chi connectivity index (χ2v) is 8.26. The summed E-state index contributed by atoms with van der Waals surface area (Å²) in [5, 5.41) is 11.4. The molecule has 7 heteroatoms. The van der Waals surface area contributed by atoms with Crippen LogP contribution in [0.4, 0.5) is 0 Å². The van der Waals surface area contributed by atoms with Crippen molar-refractivity contribution in [2.45, 2.75) is 42.7 Å². The molecule has 2 heterocycles. The van der Waals surface area contributed by atoms with Gasteiger partial charge in [0.1, 0.15) is 10.9 Å². The lowest BCUT2D eigenvalue weighted by Crippen LogP contribution is -2.07. The van der Waals surface area contributed by atoms with Crippen LogP contribution in [0.1, 0.15) is 37.0 Å². The third kappa shape index (κ3) is 4.84. The molecule has 27 heavy (non-hydrogen) atoms. The number of aromatic nitrogens is 3. The van der Waals surface area contributed by atoms with Gasteiger partial charge >= 0.3 is 0 Å². The summed E-state index contributed by atoms with van der Waals surface area (Å²) in [6.45, 7) is 4.74. The van der Waals surface area contributed by atoms with Crippen LogP contribution in [0, 0.1) is 11.3 Å². The molecule has 0 N–H and O–H groups in total. The van der Waals surface area contributed by atoms with Crippen LogP contribution in [0.3, 0.4) is 0 Å². The maximum absolute atomic E-state index is 9.25. The predicted molar refractivity (Wildman–Crippen MR) is 110 cm³/mol. The number of pyridine rings is 1. The van der Waals surface area contributed by atoms with Gasteiger partial charge in [0.2, 0.25) is 0 Å². The highest BCUT2D eigenvalue weighted by atomic mass is 35.5. The lowest BCUT2D eigenvalue weighted by atomic mass is 10.1. The average molecular weight is 417 g/mol. The van der Waals surface area contributed by atoms with E-state index in [9.17, 15) is 5.26 Å². The third-order valence-corrected chi connectivity index (χ3v) is 5.44. The van der Waals surface area contributed by atoms with Crippen molar-refractivity contribution in [3.63, 3.8) is 0 Å². The summed E-state index contributed by atoms with van der Waals surface area (Å²) in [6.07, 6.45) is 2.01. The summed E-state index contributed by atoms with van der Waals surface area (Å²) >= 11 is 13.9. The van der Waals surface area contributed by atoms with Crippen LogP contribution in [0.5, 0.6) is 0 Å². The van der Waals surface area contributed by atoms with Crippen molar-refractivity contribution in [3.8, 4) is 6.07 Å². The first kappa shape index (κ1) is 19.8. The molecule has 0 saturated heterocycles. The Morgan fingerprint density at radius 3 is 2.52 bits per heavy atom. The van der Waals surface area contributed by atoms with Crippen molar-refractivity contribution in [3.05, 3.63) is 69.9 Å². The number of imidazole rings is 1. The second kappa shape index (κ2) is 8.79. The van der Waals surface area contributed by atoms with Gasteiger partial charge in [-0.2, -0.15) is 5.26 Å². The maximum Gasteiger partial charge on any atom is 0.124 e. The Morgan fingerprint density at radius 2 is 1.93 bits per heavy atom. The SMILES string of the molecule is CC(C)c1nc(CC#N)n(Cc2ccccn2)c1Sc1cc(Cl)cc(Cl)c1. The molecule has 3 rings (SSSR count). The molecule has 4 nitrogen and oxygen atoms in total. The summed E-state index contributed by atoms with van der Waals surface area (Å²) < 4.78 is 2.07. The first-order valence-electron chi connectivity index (χ1n) is 8.48. The van der Waals surface area contributed by atoms with Crippen LogP contribution < -0.4 is 0 Å². The molecule has 2 aromatic heterocycles. The minimum atomic E-state index is 0.213. The molecule has 0 aliphatic carbocycles. The number of halogens is 2. The van der Waals surface area contributed by atoms with Crippen LogP contribution in [0.2, 0.25) is 10.0 Å². The number of rotatable bonds is 6. The summed E-state index contributed by atoms with van der Waals surface area (Å²) in [7, 11) is 0. The van der Waals surface area contributed by atoms with Gasteiger partial charge in [0.15, 0.2) is 0 Å². The average Bonchev–Trinajstić information content (AvgIpc) is 2.93. The zero-order valence-electron chi connectivity index (χ0n) is 15.0. The lowest BCUT2D eigenvalue weighted by Gasteiger charge is -2.13. The van der Waals surface area contributed by atoms with Crippen LogP contribution in [-0.4, -0.2) is 14.5 Å². The molecule has 0 saturated carbocycles. The van der Waals surface area contributed by atoms with E-state index >= 15 is 0 Å². The Hall–Kier alpha value is -2.00. The van der Waals surface area contributed by atoms with Gasteiger partial charge in [-0.05, 0) is 36.2 Å². The smallest absolute Gasteiger partial charge is 0.124 e. The second-order valence-electron chi connectivity index (χ2n) is 6.32. The van der Waals surface area contributed by atoms with Gasteiger partial charge < -0.3 is 4.57 Å². The van der Waals surface area contributed by atoms with Gasteiger partial charge in [-0.1, -0.05) is 54.9 Å². The van der Waals surface area contributed by atoms with Crippen molar-refractivity contribution >= 4 is 35.0 Å². The largest absolute Gasteiger partial charge is 0.316 e. The van der Waals surface area contributed by atoms with E-state index in [1.54, 1.807) is 24.0 Å². The van der Waals surface area contributed by atoms with Gasteiger partial charge in [-0.25, -0.2) is 4.98 Å². The van der Waals surface area contributed by atoms with Crippen molar-refractivity contribution in [2.75, 3.05) is 0 Å². The summed E-state index contributed by atoms with van der Waals surface area (Å²) in [5.41, 5.74) is 1.87. The normalized spacial score (nSPS) is 11.0. The van der Waals surface area contributed by atoms with E-state index in [2.05, 4.69) is 29.5 Å². The Bertz CT molecular complexity index is 957. The lowest BCUT2D eigenvalue weighted by molar-refractivity contribution is 0.669. The molecule has 138 valence electrons. The molecule has 0 unspecified atom stereocenters. The highest BCUT2D eigenvalue weighted by Gasteiger charge is 2.21. The summed E-state index contributed by atoms with van der Waals surface area (Å²) in [4.78, 5) is 10.1. The number of hydrogen-bond acceptors (Lipinski definition) is 4. The van der Waals surface area contributed by atoms with E-state index in [0.29, 0.717) is 16.6 Å². The number of nitrogens with zero attached hydrogens (tertiary/aromatic N) is 4. The van der Waals surface area contributed by atoms with Crippen molar-refractivity contribution in [1.82, 2.24) is 14.5 Å². The van der Waals surface area contributed by atoms with Gasteiger partial charge in [0, 0.05) is 21.1 Å². The number of nitriles is 1. The molecule has 0 aliphatic heterocycles. The first-order chi connectivity index (χ1) is 13.0. The van der Waals surface area contributed by atoms with Gasteiger partial charge in [-0.15, -0.1) is 0 Å². The van der Waals surface area contributed by atoms with Gasteiger partial charge in [0.05, 0.1) is 30.4 Å². The zero-order valence-corrected chi connectivity index (χ0v) is 17.3. The summed E-state index contributed by atoms with van der Waals surface area (Å²) in [5.74, 6) is 0.951. The van der Waals surface area contributed by atoms with E-state index in [-0.39, 0.29) is 12.3 Å². The molecular weight excluding hydrogens is 399 g/mol. The Morgan fingerprint density at radius 1 is 1.19 bits per heavy atom. The minimum Gasteiger partial charge on any atom is -0.316 e. The first-order valence-corrected chi connectivity index (χ1v) is 10.0. The molecule has 0 radical (unpaired) electrons. The third-order valence-electron chi connectivity index (χ3n) is 3.91. The predicted octanol–water partition coefficient (Wildman–Crippen LogP) is 5.97. The molecule has 3 aromatic rings. The number of hydrogen-bond donors (Lipinski definition) is 0. The van der Waals surface area contributed by atoms with Crippen molar-refractivity contribution in [2.24, 2.45) is 0 Å². The topological polar surface area (TPSA) is 54.5 Å². The van der Waals surface area contributed by atoms with Crippen LogP contribution in [0.25, 0.3) is 0 Å². The fraction of sp³-hybridized carbons (Fsp3) is 0.250. The molecule has 0 fully saturated rings. The Kier molecular flexibility index (Phi) is 6.43. The van der Waals surface area contributed by atoms with E-state index in [1.807, 2.05) is 30.3 Å². The molecular formula is C20H18Cl2N4S. The van der Waals surface area contributed by atoms with Crippen LogP contribution >= 0.6 is 35.0 Å². The maximum atomic E-state index is 9.25. The minimum absolute atomic E-state index is 0.213. The Balaban J connectivity index is 2.09. The molecule has 0 aliphatic rings. The molecule has 0 spiro atoms. The molecule has 1 aromatic carbocycles. The van der Waals surface area contributed by atoms with Gasteiger partial charge in [0.25, 0.3) is 0 Å².